The summed E-state index contributed by atoms with van der Waals surface area (Å²) in [6, 6.07) is 11.2. The van der Waals surface area contributed by atoms with Crippen LogP contribution in [0, 0.1) is 0 Å². The first kappa shape index (κ1) is 15.6. The van der Waals surface area contributed by atoms with E-state index in [1.165, 1.54) is 18.2 Å². The lowest BCUT2D eigenvalue weighted by Crippen LogP contribution is -2.16. The SMILES string of the molecule is COCc1ccccc1NS(=O)(=O)c1ccc(Cl)cc1N. The van der Waals surface area contributed by atoms with E-state index in [2.05, 4.69) is 4.72 Å². The third-order valence-electron chi connectivity index (χ3n) is 2.82. The number of nitrogen functional groups attached to an aromatic ring is 1. The zero-order chi connectivity index (χ0) is 15.5. The first-order chi connectivity index (χ1) is 9.94. The van der Waals surface area contributed by atoms with Crippen molar-refractivity contribution in [1.82, 2.24) is 0 Å². The van der Waals surface area contributed by atoms with Crippen LogP contribution in [-0.4, -0.2) is 15.5 Å². The van der Waals surface area contributed by atoms with Gasteiger partial charge >= 0.3 is 0 Å². The summed E-state index contributed by atoms with van der Waals surface area (Å²) in [7, 11) is -2.25. The van der Waals surface area contributed by atoms with Gasteiger partial charge in [-0.25, -0.2) is 8.42 Å². The van der Waals surface area contributed by atoms with Gasteiger partial charge in [0.05, 0.1) is 18.0 Å². The molecule has 0 fully saturated rings. The Morgan fingerprint density at radius 2 is 1.95 bits per heavy atom. The average molecular weight is 327 g/mol. The summed E-state index contributed by atoms with van der Waals surface area (Å²) in [5.74, 6) is 0. The Bertz CT molecular complexity index is 748. The minimum Gasteiger partial charge on any atom is -0.398 e. The van der Waals surface area contributed by atoms with Crippen LogP contribution in [-0.2, 0) is 21.4 Å². The number of nitrogens with two attached hydrogens (primary N) is 1. The summed E-state index contributed by atoms with van der Waals surface area (Å²) in [6.45, 7) is 0.300. The van der Waals surface area contributed by atoms with Gasteiger partial charge < -0.3 is 10.5 Å². The molecule has 0 aliphatic rings. The number of methoxy groups -OCH3 is 1. The molecule has 0 heterocycles. The molecule has 0 spiro atoms. The fraction of sp³-hybridized carbons (Fsp3) is 0.143. The molecule has 2 aromatic carbocycles. The second-order valence-corrected chi connectivity index (χ2v) is 6.47. The molecule has 0 aliphatic heterocycles. The van der Waals surface area contributed by atoms with Gasteiger partial charge in [-0.3, -0.25) is 4.72 Å². The standard InChI is InChI=1S/C14H15ClN2O3S/c1-20-9-10-4-2-3-5-13(10)17-21(18,19)14-7-6-11(15)8-12(14)16/h2-8,17H,9,16H2,1H3. The van der Waals surface area contributed by atoms with Gasteiger partial charge in [-0.15, -0.1) is 0 Å². The van der Waals surface area contributed by atoms with Crippen molar-refractivity contribution in [2.75, 3.05) is 17.6 Å². The molecule has 2 aromatic rings. The highest BCUT2D eigenvalue weighted by molar-refractivity contribution is 7.92. The first-order valence-corrected chi connectivity index (χ1v) is 7.95. The van der Waals surface area contributed by atoms with Crippen molar-refractivity contribution in [3.05, 3.63) is 53.1 Å². The molecule has 112 valence electrons. The quantitative estimate of drug-likeness (QED) is 0.828. The fourth-order valence-electron chi connectivity index (χ4n) is 1.87. The Kier molecular flexibility index (Phi) is 4.72. The predicted octanol–water partition coefficient (Wildman–Crippen LogP) is 2.87. The highest BCUT2D eigenvalue weighted by Gasteiger charge is 2.19. The van der Waals surface area contributed by atoms with E-state index in [9.17, 15) is 8.42 Å². The molecule has 5 nitrogen and oxygen atoms in total. The molecule has 0 aliphatic carbocycles. The predicted molar refractivity (Wildman–Crippen MR) is 83.8 cm³/mol. The summed E-state index contributed by atoms with van der Waals surface area (Å²) in [6.07, 6.45) is 0. The van der Waals surface area contributed by atoms with Crippen molar-refractivity contribution in [2.24, 2.45) is 0 Å². The number of anilines is 2. The Labute approximate surface area is 128 Å². The second kappa shape index (κ2) is 6.34. The van der Waals surface area contributed by atoms with Crippen LogP contribution in [0.1, 0.15) is 5.56 Å². The third kappa shape index (κ3) is 3.66. The maximum Gasteiger partial charge on any atom is 0.263 e. The second-order valence-electron chi connectivity index (χ2n) is 4.38. The smallest absolute Gasteiger partial charge is 0.263 e. The Morgan fingerprint density at radius 1 is 1.24 bits per heavy atom. The van der Waals surface area contributed by atoms with E-state index in [1.807, 2.05) is 6.07 Å². The zero-order valence-electron chi connectivity index (χ0n) is 11.3. The van der Waals surface area contributed by atoms with Crippen molar-refractivity contribution in [1.29, 1.82) is 0 Å². The van der Waals surface area contributed by atoms with Crippen molar-refractivity contribution in [3.8, 4) is 0 Å². The summed E-state index contributed by atoms with van der Waals surface area (Å²) >= 11 is 5.78. The highest BCUT2D eigenvalue weighted by atomic mass is 35.5. The maximum atomic E-state index is 12.4. The molecule has 2 rings (SSSR count). The highest BCUT2D eigenvalue weighted by Crippen LogP contribution is 2.26. The van der Waals surface area contributed by atoms with Crippen LogP contribution in [0.4, 0.5) is 11.4 Å². The van der Waals surface area contributed by atoms with Gasteiger partial charge in [0, 0.05) is 17.7 Å². The Balaban J connectivity index is 2.38. The number of ether oxygens (including phenoxy) is 1. The number of benzene rings is 2. The molecule has 0 saturated carbocycles. The van der Waals surface area contributed by atoms with Gasteiger partial charge in [0.1, 0.15) is 4.90 Å². The fourth-order valence-corrected chi connectivity index (χ4v) is 3.26. The normalized spacial score (nSPS) is 11.3. The number of nitrogens with one attached hydrogen (secondary N) is 1. The van der Waals surface area contributed by atoms with Gasteiger partial charge in [0.25, 0.3) is 10.0 Å². The molecule has 0 saturated heterocycles. The van der Waals surface area contributed by atoms with Crippen molar-refractivity contribution in [2.45, 2.75) is 11.5 Å². The zero-order valence-corrected chi connectivity index (χ0v) is 12.9. The summed E-state index contributed by atoms with van der Waals surface area (Å²) in [5, 5.41) is 0.381. The topological polar surface area (TPSA) is 81.4 Å². The van der Waals surface area contributed by atoms with E-state index in [0.29, 0.717) is 17.3 Å². The van der Waals surface area contributed by atoms with E-state index in [4.69, 9.17) is 22.1 Å². The minimum atomic E-state index is -3.79. The van der Waals surface area contributed by atoms with Gasteiger partial charge in [0.15, 0.2) is 0 Å². The lowest BCUT2D eigenvalue weighted by atomic mass is 10.2. The van der Waals surface area contributed by atoms with Gasteiger partial charge in [-0.05, 0) is 24.3 Å². The Morgan fingerprint density at radius 3 is 2.62 bits per heavy atom. The van der Waals surface area contributed by atoms with Crippen LogP contribution in [0.25, 0.3) is 0 Å². The monoisotopic (exact) mass is 326 g/mol. The van der Waals surface area contributed by atoms with Crippen LogP contribution in [0.15, 0.2) is 47.4 Å². The molecule has 0 atom stereocenters. The maximum absolute atomic E-state index is 12.4. The number of rotatable bonds is 5. The molecular weight excluding hydrogens is 312 g/mol. The van der Waals surface area contributed by atoms with E-state index in [0.717, 1.165) is 5.56 Å². The molecule has 0 amide bonds. The lowest BCUT2D eigenvalue weighted by Gasteiger charge is -2.13. The van der Waals surface area contributed by atoms with Gasteiger partial charge in [-0.1, -0.05) is 29.8 Å². The summed E-state index contributed by atoms with van der Waals surface area (Å²) < 4.78 is 32.4. The van der Waals surface area contributed by atoms with E-state index >= 15 is 0 Å². The minimum absolute atomic E-state index is 0.0147. The molecule has 0 radical (unpaired) electrons. The van der Waals surface area contributed by atoms with Crippen molar-refractivity contribution in [3.63, 3.8) is 0 Å². The number of sulfonamides is 1. The van der Waals surface area contributed by atoms with E-state index in [-0.39, 0.29) is 10.6 Å². The van der Waals surface area contributed by atoms with Gasteiger partial charge in [-0.2, -0.15) is 0 Å². The van der Waals surface area contributed by atoms with Crippen LogP contribution in [0.5, 0.6) is 0 Å². The van der Waals surface area contributed by atoms with Crippen molar-refractivity contribution >= 4 is 33.0 Å². The van der Waals surface area contributed by atoms with Crippen LogP contribution < -0.4 is 10.5 Å². The average Bonchev–Trinajstić information content (AvgIpc) is 2.40. The number of para-hydroxylation sites is 1. The lowest BCUT2D eigenvalue weighted by molar-refractivity contribution is 0.185. The first-order valence-electron chi connectivity index (χ1n) is 6.09. The van der Waals surface area contributed by atoms with Crippen LogP contribution in [0.2, 0.25) is 5.02 Å². The largest absolute Gasteiger partial charge is 0.398 e. The number of hydrogen-bond donors (Lipinski definition) is 2. The molecular formula is C14H15ClN2O3S. The number of hydrogen-bond acceptors (Lipinski definition) is 4. The molecule has 3 N–H and O–H groups in total. The molecule has 21 heavy (non-hydrogen) atoms. The van der Waals surface area contributed by atoms with E-state index < -0.39 is 10.0 Å². The van der Waals surface area contributed by atoms with Gasteiger partial charge in [0.2, 0.25) is 0 Å². The van der Waals surface area contributed by atoms with Crippen molar-refractivity contribution < 1.29 is 13.2 Å². The molecule has 0 aromatic heterocycles. The molecule has 7 heteroatoms. The summed E-state index contributed by atoms with van der Waals surface area (Å²) in [4.78, 5) is -0.0147. The van der Waals surface area contributed by atoms with E-state index in [1.54, 1.807) is 25.3 Å². The Hall–Kier alpha value is -1.76. The van der Waals surface area contributed by atoms with Crippen LogP contribution >= 0.6 is 11.6 Å². The third-order valence-corrected chi connectivity index (χ3v) is 4.50. The van der Waals surface area contributed by atoms with Crippen LogP contribution in [0.3, 0.4) is 0 Å². The number of halogens is 1. The molecule has 0 unspecified atom stereocenters. The summed E-state index contributed by atoms with van der Waals surface area (Å²) in [5.41, 5.74) is 7.01. The molecule has 0 bridgehead atoms.